The van der Waals surface area contributed by atoms with Gasteiger partial charge in [-0.2, -0.15) is 0 Å². The van der Waals surface area contributed by atoms with Crippen molar-refractivity contribution >= 4 is 0 Å². The summed E-state index contributed by atoms with van der Waals surface area (Å²) in [5, 5.41) is 0. The summed E-state index contributed by atoms with van der Waals surface area (Å²) in [4.78, 5) is 0. The molecule has 5 heteroatoms. The molecule has 0 aliphatic carbocycles. The zero-order valence-electron chi connectivity index (χ0n) is 20.0. The average Bonchev–Trinajstić information content (AvgIpc) is 2.86. The lowest BCUT2D eigenvalue weighted by molar-refractivity contribution is 0.308. The van der Waals surface area contributed by atoms with E-state index in [9.17, 15) is 17.6 Å². The molecule has 0 atom stereocenters. The van der Waals surface area contributed by atoms with Gasteiger partial charge in [0, 0.05) is 28.3 Å². The first kappa shape index (κ1) is 25.1. The third-order valence-electron chi connectivity index (χ3n) is 5.79. The second kappa shape index (κ2) is 11.1. The van der Waals surface area contributed by atoms with Crippen LogP contribution in [0.2, 0.25) is 0 Å². The Morgan fingerprint density at radius 1 is 0.667 bits per heavy atom. The Morgan fingerprint density at radius 2 is 1.31 bits per heavy atom. The molecule has 0 aliphatic rings. The summed E-state index contributed by atoms with van der Waals surface area (Å²) in [5.41, 5.74) is 3.30. The Bertz CT molecular complexity index is 1450. The van der Waals surface area contributed by atoms with Gasteiger partial charge in [0.2, 0.25) is 0 Å². The third-order valence-corrected chi connectivity index (χ3v) is 5.79. The van der Waals surface area contributed by atoms with Gasteiger partial charge in [0.25, 0.3) is 0 Å². The molecule has 0 amide bonds. The first-order chi connectivity index (χ1) is 17.4. The highest BCUT2D eigenvalue weighted by molar-refractivity contribution is 5.72. The molecule has 182 valence electrons. The van der Waals surface area contributed by atoms with Gasteiger partial charge >= 0.3 is 0 Å². The largest absolute Gasteiger partial charge is 0.493 e. The van der Waals surface area contributed by atoms with Gasteiger partial charge in [-0.15, -0.1) is 0 Å². The van der Waals surface area contributed by atoms with Gasteiger partial charge in [-0.1, -0.05) is 49.5 Å². The summed E-state index contributed by atoms with van der Waals surface area (Å²) < 4.78 is 61.9. The summed E-state index contributed by atoms with van der Waals surface area (Å²) >= 11 is 0. The monoisotopic (exact) mass is 488 g/mol. The quantitative estimate of drug-likeness (QED) is 0.150. The van der Waals surface area contributed by atoms with Crippen molar-refractivity contribution in [3.8, 4) is 39.8 Å². The normalized spacial score (nSPS) is 10.6. The van der Waals surface area contributed by atoms with E-state index in [-0.39, 0.29) is 0 Å². The number of unbranched alkanes of at least 4 members (excludes halogenated alkanes) is 1. The van der Waals surface area contributed by atoms with Crippen LogP contribution in [-0.4, -0.2) is 6.61 Å². The minimum Gasteiger partial charge on any atom is -0.493 e. The number of rotatable bonds is 6. The molecule has 0 saturated heterocycles. The smallest absolute Gasteiger partial charge is 0.160 e. The lowest BCUT2D eigenvalue weighted by Gasteiger charge is -2.10. The van der Waals surface area contributed by atoms with Gasteiger partial charge in [-0.3, -0.25) is 0 Å². The van der Waals surface area contributed by atoms with Gasteiger partial charge in [0.15, 0.2) is 11.6 Å². The van der Waals surface area contributed by atoms with Crippen LogP contribution in [0.5, 0.6) is 5.75 Å². The number of halogens is 4. The minimum atomic E-state index is -0.949. The maximum atomic E-state index is 15.0. The molecule has 0 bridgehead atoms. The van der Waals surface area contributed by atoms with Crippen LogP contribution in [0.3, 0.4) is 0 Å². The van der Waals surface area contributed by atoms with Gasteiger partial charge in [-0.25, -0.2) is 17.6 Å². The fraction of sp³-hybridized carbons (Fsp3) is 0.161. The van der Waals surface area contributed by atoms with Gasteiger partial charge in [0.1, 0.15) is 17.4 Å². The summed E-state index contributed by atoms with van der Waals surface area (Å²) in [6.45, 7) is 4.23. The summed E-state index contributed by atoms with van der Waals surface area (Å²) in [6, 6.07) is 18.3. The average molecular weight is 489 g/mol. The maximum absolute atomic E-state index is 15.0. The Kier molecular flexibility index (Phi) is 7.75. The summed E-state index contributed by atoms with van der Waals surface area (Å²) in [6.07, 6.45) is 1.87. The van der Waals surface area contributed by atoms with E-state index in [1.165, 1.54) is 12.1 Å². The second-order valence-electron chi connectivity index (χ2n) is 8.45. The highest BCUT2D eigenvalue weighted by Crippen LogP contribution is 2.31. The molecule has 4 aromatic carbocycles. The standard InChI is InChI=1S/C31H24F4O/c1-3-4-15-36-25-12-14-27(29(33)19-25)24-11-13-26(28(32)18-24)22-8-5-21(6-9-22)7-10-23-17-31(35)30(34)16-20(23)2/h5-6,8-9,11-14,16-19H,3-4,15H2,1-2H3. The van der Waals surface area contributed by atoms with Crippen LogP contribution < -0.4 is 4.74 Å². The maximum Gasteiger partial charge on any atom is 0.160 e. The summed E-state index contributed by atoms with van der Waals surface area (Å²) in [5.74, 6) is 3.39. The molecule has 1 nitrogen and oxygen atoms in total. The molecule has 0 radical (unpaired) electrons. The molecule has 0 aliphatic heterocycles. The van der Waals surface area contributed by atoms with Crippen molar-refractivity contribution in [2.24, 2.45) is 0 Å². The molecule has 0 aromatic heterocycles. The van der Waals surface area contributed by atoms with Gasteiger partial charge in [-0.05, 0) is 72.5 Å². The number of benzene rings is 4. The highest BCUT2D eigenvalue weighted by Gasteiger charge is 2.12. The van der Waals surface area contributed by atoms with E-state index in [1.54, 1.807) is 55.5 Å². The number of ether oxygens (including phenoxy) is 1. The first-order valence-corrected chi connectivity index (χ1v) is 11.7. The van der Waals surface area contributed by atoms with Crippen molar-refractivity contribution in [1.82, 2.24) is 0 Å². The van der Waals surface area contributed by atoms with Crippen molar-refractivity contribution in [2.75, 3.05) is 6.61 Å². The molecule has 36 heavy (non-hydrogen) atoms. The van der Waals surface area contributed by atoms with E-state index < -0.39 is 23.3 Å². The van der Waals surface area contributed by atoms with E-state index in [2.05, 4.69) is 11.8 Å². The predicted molar refractivity (Wildman–Crippen MR) is 135 cm³/mol. The number of hydrogen-bond acceptors (Lipinski definition) is 1. The topological polar surface area (TPSA) is 9.23 Å². The molecule has 0 N–H and O–H groups in total. The van der Waals surface area contributed by atoms with Crippen LogP contribution >= 0.6 is 0 Å². The van der Waals surface area contributed by atoms with Crippen molar-refractivity contribution in [2.45, 2.75) is 26.7 Å². The fourth-order valence-electron chi connectivity index (χ4n) is 3.72. The Labute approximate surface area is 208 Å². The molecule has 0 heterocycles. The van der Waals surface area contributed by atoms with Crippen LogP contribution in [0.4, 0.5) is 17.6 Å². The first-order valence-electron chi connectivity index (χ1n) is 11.7. The van der Waals surface area contributed by atoms with E-state index in [4.69, 9.17) is 4.74 Å². The predicted octanol–water partition coefficient (Wildman–Crippen LogP) is 8.46. The highest BCUT2D eigenvalue weighted by atomic mass is 19.2. The molecular weight excluding hydrogens is 464 g/mol. The second-order valence-corrected chi connectivity index (χ2v) is 8.45. The van der Waals surface area contributed by atoms with Gasteiger partial charge < -0.3 is 4.74 Å². The Balaban J connectivity index is 1.52. The van der Waals surface area contributed by atoms with Crippen molar-refractivity contribution in [3.63, 3.8) is 0 Å². The van der Waals surface area contributed by atoms with Crippen molar-refractivity contribution in [3.05, 3.63) is 113 Å². The minimum absolute atomic E-state index is 0.293. The molecular formula is C31H24F4O. The van der Waals surface area contributed by atoms with E-state index in [0.717, 1.165) is 25.0 Å². The van der Waals surface area contributed by atoms with Crippen LogP contribution in [0, 0.1) is 42.0 Å². The molecule has 0 spiro atoms. The van der Waals surface area contributed by atoms with E-state index in [1.807, 2.05) is 6.92 Å². The molecule has 4 aromatic rings. The molecule has 0 unspecified atom stereocenters. The summed E-state index contributed by atoms with van der Waals surface area (Å²) in [7, 11) is 0. The van der Waals surface area contributed by atoms with Gasteiger partial charge in [0.05, 0.1) is 6.61 Å². The zero-order valence-corrected chi connectivity index (χ0v) is 20.0. The van der Waals surface area contributed by atoms with Crippen LogP contribution in [-0.2, 0) is 0 Å². The van der Waals surface area contributed by atoms with Crippen LogP contribution in [0.15, 0.2) is 72.8 Å². The Hall–Kier alpha value is -4.04. The lowest BCUT2D eigenvalue weighted by atomic mass is 9.98. The third kappa shape index (κ3) is 5.78. The van der Waals surface area contributed by atoms with E-state index >= 15 is 0 Å². The zero-order chi connectivity index (χ0) is 25.7. The number of aryl methyl sites for hydroxylation is 1. The van der Waals surface area contributed by atoms with E-state index in [0.29, 0.717) is 51.3 Å². The SMILES string of the molecule is CCCCOc1ccc(-c2ccc(-c3ccc(C#Cc4cc(F)c(F)cc4C)cc3)c(F)c2)c(F)c1. The van der Waals surface area contributed by atoms with Crippen LogP contribution in [0.25, 0.3) is 22.3 Å². The molecule has 0 fully saturated rings. The molecule has 0 saturated carbocycles. The lowest BCUT2D eigenvalue weighted by Crippen LogP contribution is -1.97. The fourth-order valence-corrected chi connectivity index (χ4v) is 3.72. The molecule has 4 rings (SSSR count). The van der Waals surface area contributed by atoms with Crippen molar-refractivity contribution < 1.29 is 22.3 Å². The number of hydrogen-bond donors (Lipinski definition) is 0. The Morgan fingerprint density at radius 3 is 2.00 bits per heavy atom. The van der Waals surface area contributed by atoms with Crippen LogP contribution in [0.1, 0.15) is 36.5 Å². The van der Waals surface area contributed by atoms with Crippen molar-refractivity contribution in [1.29, 1.82) is 0 Å².